The fourth-order valence-corrected chi connectivity index (χ4v) is 1.18. The Kier molecular flexibility index (Phi) is 1.74. The third-order valence-corrected chi connectivity index (χ3v) is 1.87. The number of hydrogen-bond donors (Lipinski definition) is 3. The van der Waals surface area contributed by atoms with Crippen LogP contribution in [-0.4, -0.2) is 14.9 Å². The summed E-state index contributed by atoms with van der Waals surface area (Å²) in [6, 6.07) is 7.19. The van der Waals surface area contributed by atoms with Gasteiger partial charge in [0.15, 0.2) is 5.82 Å². The second kappa shape index (κ2) is 2.91. The van der Waals surface area contributed by atoms with E-state index >= 15 is 0 Å². The van der Waals surface area contributed by atoms with Crippen LogP contribution in [0.3, 0.4) is 0 Å². The maximum Gasteiger partial charge on any atom is 0.241 e. The summed E-state index contributed by atoms with van der Waals surface area (Å²) >= 11 is 0. The summed E-state index contributed by atoms with van der Waals surface area (Å²) in [6.45, 7) is 0. The van der Waals surface area contributed by atoms with Crippen molar-refractivity contribution in [1.29, 1.82) is 0 Å². The van der Waals surface area contributed by atoms with Gasteiger partial charge in [-0.15, -0.1) is 10.2 Å². The van der Waals surface area contributed by atoms with Crippen LogP contribution in [0.25, 0.3) is 11.4 Å². The van der Waals surface area contributed by atoms with Crippen LogP contribution in [0.2, 0.25) is 0 Å². The lowest BCUT2D eigenvalue weighted by molar-refractivity contribution is 1.02. The van der Waals surface area contributed by atoms with Gasteiger partial charge in [-0.3, -0.25) is 0 Å². The molecule has 2 rings (SSSR count). The van der Waals surface area contributed by atoms with E-state index in [-0.39, 0.29) is 5.95 Å². The zero-order valence-electron chi connectivity index (χ0n) is 7.38. The zero-order chi connectivity index (χ0) is 10.1. The first-order valence-corrected chi connectivity index (χ1v) is 4.00. The maximum atomic E-state index is 5.62. The van der Waals surface area contributed by atoms with Crippen LogP contribution in [0.5, 0.6) is 0 Å². The first-order chi connectivity index (χ1) is 6.68. The normalized spacial score (nSPS) is 10.3. The molecule has 6 nitrogen and oxygen atoms in total. The Morgan fingerprint density at radius 1 is 1.14 bits per heavy atom. The number of rotatable bonds is 1. The number of nitrogen functional groups attached to an aromatic ring is 3. The van der Waals surface area contributed by atoms with Gasteiger partial charge >= 0.3 is 0 Å². The summed E-state index contributed by atoms with van der Waals surface area (Å²) in [4.78, 5) is 0. The van der Waals surface area contributed by atoms with Gasteiger partial charge in [-0.05, 0) is 12.1 Å². The molecule has 0 unspecified atom stereocenters. The molecule has 2 aromatic rings. The Balaban J connectivity index is 2.55. The standard InChI is InChI=1S/C8H10N6/c9-6-3-1-2-5(4-6)7-12-13-8(10)14(7)11/h1-4H,9,11H2,(H2,10,13). The largest absolute Gasteiger partial charge is 0.399 e. The van der Waals surface area contributed by atoms with Crippen LogP contribution < -0.4 is 17.3 Å². The molecule has 1 heterocycles. The first-order valence-electron chi connectivity index (χ1n) is 4.00. The average Bonchev–Trinajstić information content (AvgIpc) is 2.48. The van der Waals surface area contributed by atoms with Crippen molar-refractivity contribution in [3.63, 3.8) is 0 Å². The minimum Gasteiger partial charge on any atom is -0.399 e. The third-order valence-electron chi connectivity index (χ3n) is 1.87. The third kappa shape index (κ3) is 1.22. The van der Waals surface area contributed by atoms with Gasteiger partial charge < -0.3 is 17.3 Å². The molecule has 0 aliphatic carbocycles. The monoisotopic (exact) mass is 190 g/mol. The van der Waals surface area contributed by atoms with Gasteiger partial charge in [0.2, 0.25) is 5.95 Å². The zero-order valence-corrected chi connectivity index (χ0v) is 7.38. The lowest BCUT2D eigenvalue weighted by Crippen LogP contribution is -2.13. The van der Waals surface area contributed by atoms with Crippen molar-refractivity contribution in [2.24, 2.45) is 0 Å². The van der Waals surface area contributed by atoms with Crippen LogP contribution in [0.15, 0.2) is 24.3 Å². The van der Waals surface area contributed by atoms with E-state index < -0.39 is 0 Å². The van der Waals surface area contributed by atoms with Gasteiger partial charge in [-0.25, -0.2) is 4.68 Å². The maximum absolute atomic E-state index is 5.62. The Morgan fingerprint density at radius 2 is 1.93 bits per heavy atom. The Morgan fingerprint density at radius 3 is 2.50 bits per heavy atom. The molecule has 1 aromatic heterocycles. The predicted molar refractivity (Wildman–Crippen MR) is 54.4 cm³/mol. The smallest absolute Gasteiger partial charge is 0.241 e. The molecule has 0 aliphatic heterocycles. The Labute approximate surface area is 80.3 Å². The van der Waals surface area contributed by atoms with Crippen LogP contribution in [0, 0.1) is 0 Å². The molecule has 0 atom stereocenters. The fourth-order valence-electron chi connectivity index (χ4n) is 1.18. The minimum atomic E-state index is 0.169. The van der Waals surface area contributed by atoms with Gasteiger partial charge in [0, 0.05) is 11.3 Å². The summed E-state index contributed by atoms with van der Waals surface area (Å²) in [6.07, 6.45) is 0. The van der Waals surface area contributed by atoms with E-state index in [2.05, 4.69) is 10.2 Å². The highest BCUT2D eigenvalue weighted by Gasteiger charge is 2.08. The van der Waals surface area contributed by atoms with Crippen molar-refractivity contribution < 1.29 is 0 Å². The van der Waals surface area contributed by atoms with Crippen molar-refractivity contribution >= 4 is 11.6 Å². The molecule has 0 amide bonds. The number of anilines is 2. The molecule has 0 radical (unpaired) electrons. The molecule has 0 bridgehead atoms. The van der Waals surface area contributed by atoms with E-state index in [1.54, 1.807) is 12.1 Å². The molecule has 6 heteroatoms. The van der Waals surface area contributed by atoms with E-state index in [0.717, 1.165) is 5.56 Å². The average molecular weight is 190 g/mol. The van der Waals surface area contributed by atoms with Gasteiger partial charge in [0.05, 0.1) is 0 Å². The molecule has 0 spiro atoms. The van der Waals surface area contributed by atoms with Crippen molar-refractivity contribution in [1.82, 2.24) is 14.9 Å². The molecule has 1 aromatic carbocycles. The number of hydrogen-bond acceptors (Lipinski definition) is 5. The summed E-state index contributed by atoms with van der Waals surface area (Å²) < 4.78 is 1.22. The summed E-state index contributed by atoms with van der Waals surface area (Å²) in [5.74, 6) is 6.27. The van der Waals surface area contributed by atoms with Gasteiger partial charge in [0.25, 0.3) is 0 Å². The molecular weight excluding hydrogens is 180 g/mol. The van der Waals surface area contributed by atoms with E-state index in [9.17, 15) is 0 Å². The van der Waals surface area contributed by atoms with E-state index in [0.29, 0.717) is 11.5 Å². The molecule has 0 saturated heterocycles. The quantitative estimate of drug-likeness (QED) is 0.427. The van der Waals surface area contributed by atoms with Crippen molar-refractivity contribution in [3.05, 3.63) is 24.3 Å². The van der Waals surface area contributed by atoms with Crippen LogP contribution in [0.1, 0.15) is 0 Å². The summed E-state index contributed by atoms with van der Waals surface area (Å²) in [5, 5.41) is 7.48. The van der Waals surface area contributed by atoms with Gasteiger partial charge in [0.1, 0.15) is 0 Å². The number of benzene rings is 1. The topological polar surface area (TPSA) is 109 Å². The van der Waals surface area contributed by atoms with Crippen LogP contribution in [-0.2, 0) is 0 Å². The first kappa shape index (κ1) is 8.36. The lowest BCUT2D eigenvalue weighted by Gasteiger charge is -2.01. The highest BCUT2D eigenvalue weighted by Crippen LogP contribution is 2.18. The molecule has 14 heavy (non-hydrogen) atoms. The van der Waals surface area contributed by atoms with Crippen LogP contribution in [0.4, 0.5) is 11.6 Å². The molecule has 72 valence electrons. The Bertz CT molecular complexity index is 461. The molecule has 0 fully saturated rings. The highest BCUT2D eigenvalue weighted by molar-refractivity contribution is 5.62. The SMILES string of the molecule is Nc1cccc(-c2nnc(N)n2N)c1. The minimum absolute atomic E-state index is 0.169. The van der Waals surface area contributed by atoms with Gasteiger partial charge in [-0.1, -0.05) is 12.1 Å². The number of nitrogens with zero attached hydrogens (tertiary/aromatic N) is 3. The highest BCUT2D eigenvalue weighted by atomic mass is 15.4. The number of nitrogens with two attached hydrogens (primary N) is 3. The number of aromatic nitrogens is 3. The van der Waals surface area contributed by atoms with Crippen LogP contribution >= 0.6 is 0 Å². The van der Waals surface area contributed by atoms with Crippen molar-refractivity contribution in [3.8, 4) is 11.4 Å². The van der Waals surface area contributed by atoms with E-state index in [4.69, 9.17) is 17.3 Å². The Hall–Kier alpha value is -2.24. The summed E-state index contributed by atoms with van der Waals surface area (Å²) in [7, 11) is 0. The van der Waals surface area contributed by atoms with E-state index in [1.807, 2.05) is 12.1 Å². The lowest BCUT2D eigenvalue weighted by atomic mass is 10.2. The molecule has 0 saturated carbocycles. The molecule has 6 N–H and O–H groups in total. The molecular formula is C8H10N6. The van der Waals surface area contributed by atoms with E-state index in [1.165, 1.54) is 4.68 Å². The fraction of sp³-hybridized carbons (Fsp3) is 0. The predicted octanol–water partition coefficient (Wildman–Crippen LogP) is -0.177. The second-order valence-corrected chi connectivity index (χ2v) is 2.88. The summed E-state index contributed by atoms with van der Waals surface area (Å²) in [5.41, 5.74) is 12.5. The van der Waals surface area contributed by atoms with Crippen molar-refractivity contribution in [2.45, 2.75) is 0 Å². The second-order valence-electron chi connectivity index (χ2n) is 2.88. The van der Waals surface area contributed by atoms with Gasteiger partial charge in [-0.2, -0.15) is 0 Å². The molecule has 0 aliphatic rings. The van der Waals surface area contributed by atoms with Crippen molar-refractivity contribution in [2.75, 3.05) is 17.3 Å².